The molecule has 0 saturated heterocycles. The van der Waals surface area contributed by atoms with Crippen LogP contribution in [0.2, 0.25) is 0 Å². The maximum absolute atomic E-state index is 9.91. The van der Waals surface area contributed by atoms with Gasteiger partial charge in [0.25, 0.3) is 0 Å². The Kier molecular flexibility index (Phi) is 28.9. The van der Waals surface area contributed by atoms with Crippen LogP contribution in [0, 0.1) is 0 Å². The van der Waals surface area contributed by atoms with Crippen molar-refractivity contribution in [2.45, 2.75) is 15.7 Å². The molecule has 0 aliphatic carbocycles. The Morgan fingerprint density at radius 3 is 0.200 bits per heavy atom. The Bertz CT molecular complexity index is 1990. The third kappa shape index (κ3) is 29.3. The second kappa shape index (κ2) is 22.4. The van der Waals surface area contributed by atoms with Gasteiger partial charge >= 0.3 is 71.7 Å². The summed E-state index contributed by atoms with van der Waals surface area (Å²) in [5.74, 6) is 0. The molecule has 0 N–H and O–H groups in total. The van der Waals surface area contributed by atoms with Crippen molar-refractivity contribution in [2.24, 2.45) is 0 Å². The average Bonchev–Trinajstić information content (AvgIpc) is 2.51. The van der Waals surface area contributed by atoms with Crippen molar-refractivity contribution in [2.75, 3.05) is 0 Å². The maximum atomic E-state index is 9.91. The first-order valence-electron chi connectivity index (χ1n) is 8.83. The molecular formula is C4H4O36S12Sn3. The van der Waals surface area contributed by atoms with E-state index in [0.29, 0.717) is 0 Å². The van der Waals surface area contributed by atoms with Crippen LogP contribution in [0.1, 0.15) is 0 Å². The van der Waals surface area contributed by atoms with Gasteiger partial charge in [-0.15, -0.1) is 0 Å². The fourth-order valence-corrected chi connectivity index (χ4v) is 15.6. The van der Waals surface area contributed by atoms with Gasteiger partial charge in [0.15, 0.2) is 0 Å². The summed E-state index contributed by atoms with van der Waals surface area (Å²) in [5, 5.41) is 0. The standard InChI is InChI=1S/4CH4O9S3.3Sn/c4*2-11(3,4)1(12(5,6)7)13(8,9)10;;;/h4*1H,(H,2,3,4)(H,5,6,7)(H,8,9,10);;;/q;;;;3*+4/p-12. The number of rotatable bonds is 12. The summed E-state index contributed by atoms with van der Waals surface area (Å²) in [6.45, 7) is 0. The van der Waals surface area contributed by atoms with E-state index in [0.717, 1.165) is 0 Å². The zero-order valence-electron chi connectivity index (χ0n) is 23.4. The molecule has 0 aliphatic heterocycles. The monoisotopic (exact) mass is 1370 g/mol. The van der Waals surface area contributed by atoms with Crippen molar-refractivity contribution in [3.8, 4) is 0 Å². The predicted molar refractivity (Wildman–Crippen MR) is 149 cm³/mol. The molecule has 0 amide bonds. The minimum Gasteiger partial charge on any atom is -0.746 e. The minimum absolute atomic E-state index is 0. The average molecular weight is 1370 g/mol. The van der Waals surface area contributed by atoms with E-state index in [9.17, 15) is 156 Å². The van der Waals surface area contributed by atoms with Crippen molar-refractivity contribution < 1.29 is 156 Å². The first-order chi connectivity index (χ1) is 21.5. The van der Waals surface area contributed by atoms with E-state index < -0.39 is 137 Å². The zero-order valence-corrected chi connectivity index (χ0v) is 41.8. The van der Waals surface area contributed by atoms with Gasteiger partial charge in [0, 0.05) is 0 Å². The van der Waals surface area contributed by atoms with Crippen molar-refractivity contribution in [3.05, 3.63) is 0 Å². The van der Waals surface area contributed by atoms with Gasteiger partial charge in [0.2, 0.25) is 15.7 Å². The van der Waals surface area contributed by atoms with Gasteiger partial charge in [-0.3, -0.25) is 0 Å². The van der Waals surface area contributed by atoms with Crippen LogP contribution in [0.25, 0.3) is 0 Å². The molecule has 0 aromatic heterocycles. The Morgan fingerprint density at radius 2 is 0.200 bits per heavy atom. The third-order valence-corrected chi connectivity index (χ3v) is 25.5. The van der Waals surface area contributed by atoms with E-state index in [1.54, 1.807) is 0 Å². The summed E-state index contributed by atoms with van der Waals surface area (Å²) in [7, 11) is -72.4. The van der Waals surface area contributed by atoms with Gasteiger partial charge in [0.1, 0.15) is 121 Å². The first-order valence-corrected chi connectivity index (χ1v) is 26.5. The quantitative estimate of drug-likeness (QED) is 0.129. The molecule has 0 rings (SSSR count). The molecule has 320 valence electrons. The van der Waals surface area contributed by atoms with Crippen molar-refractivity contribution in [1.82, 2.24) is 0 Å². The summed E-state index contributed by atoms with van der Waals surface area (Å²) < 4.78 is 341. The normalized spacial score (nSPS) is 14.0. The molecule has 55 heavy (non-hydrogen) atoms. The maximum Gasteiger partial charge on any atom is 4.00 e. The molecule has 0 fully saturated rings. The van der Waals surface area contributed by atoms with Gasteiger partial charge in [-0.25, -0.2) is 101 Å². The van der Waals surface area contributed by atoms with Crippen LogP contribution >= 0.6 is 0 Å². The topological polar surface area (TPSA) is 686 Å². The largest absolute Gasteiger partial charge is 4.00 e. The van der Waals surface area contributed by atoms with Gasteiger partial charge in [0.05, 0.1) is 0 Å². The smallest absolute Gasteiger partial charge is 0.746 e. The second-order valence-corrected chi connectivity index (χ2v) is 28.1. The summed E-state index contributed by atoms with van der Waals surface area (Å²) in [6, 6.07) is 0. The number of hydrogen-bond donors (Lipinski definition) is 0. The van der Waals surface area contributed by atoms with E-state index in [1.807, 2.05) is 0 Å². The molecule has 0 unspecified atom stereocenters. The van der Waals surface area contributed by atoms with Crippen LogP contribution < -0.4 is 0 Å². The van der Waals surface area contributed by atoms with Crippen LogP contribution in [-0.2, 0) is 121 Å². The van der Waals surface area contributed by atoms with Crippen LogP contribution in [0.5, 0.6) is 0 Å². The van der Waals surface area contributed by atoms with Crippen LogP contribution in [0.15, 0.2) is 0 Å². The molecule has 0 heterocycles. The molecule has 0 aliphatic rings. The second-order valence-electron chi connectivity index (χ2n) is 7.07. The molecule has 0 bridgehead atoms. The molecule has 36 nitrogen and oxygen atoms in total. The SMILES string of the molecule is O=S(=O)([O-])C(S(=O)(=O)[O-])S(=O)(=O)[O-].O=S(=O)([O-])C(S(=O)(=O)[O-])S(=O)(=O)[O-].O=S(=O)([O-])C(S(=O)(=O)[O-])S(=O)(=O)[O-].O=S(=O)([O-])C(S(=O)(=O)[O-])S(=O)(=O)[O-].[Sn+4].[Sn+4].[Sn+4]. The van der Waals surface area contributed by atoms with Crippen LogP contribution in [0.4, 0.5) is 0 Å². The van der Waals surface area contributed by atoms with Gasteiger partial charge in [-0.05, 0) is 0 Å². The number of hydrogen-bond acceptors (Lipinski definition) is 36. The first kappa shape index (κ1) is 70.9. The molecule has 0 spiro atoms. The van der Waals surface area contributed by atoms with Crippen LogP contribution in [0.3, 0.4) is 0 Å². The minimum atomic E-state index is -6.03. The van der Waals surface area contributed by atoms with Gasteiger partial charge in [-0.1, -0.05) is 0 Å². The molecule has 0 atom stereocenters. The Morgan fingerprint density at radius 1 is 0.164 bits per heavy atom. The summed E-state index contributed by atoms with van der Waals surface area (Å²) in [6.07, 6.45) is 0. The van der Waals surface area contributed by atoms with Gasteiger partial charge < -0.3 is 54.6 Å². The molecule has 0 aromatic carbocycles. The Balaban J connectivity index is -0.000000110. The fraction of sp³-hybridized carbons (Fsp3) is 1.00. The van der Waals surface area contributed by atoms with E-state index in [-0.39, 0.29) is 71.7 Å². The zero-order chi connectivity index (χ0) is 44.3. The Hall–Kier alpha value is 1.32. The fourth-order valence-electron chi connectivity index (χ4n) is 1.73. The molecular weight excluding hydrogens is 1360 g/mol. The summed E-state index contributed by atoms with van der Waals surface area (Å²) in [4.78, 5) is 0. The van der Waals surface area contributed by atoms with Crippen molar-refractivity contribution in [3.63, 3.8) is 0 Å². The van der Waals surface area contributed by atoms with Gasteiger partial charge in [-0.2, -0.15) is 0 Å². The van der Waals surface area contributed by atoms with E-state index in [1.165, 1.54) is 0 Å². The Labute approximate surface area is 360 Å². The third-order valence-electron chi connectivity index (χ3n) is 2.83. The molecule has 0 saturated carbocycles. The van der Waals surface area contributed by atoms with Crippen molar-refractivity contribution in [1.29, 1.82) is 0 Å². The molecule has 0 aromatic rings. The molecule has 0 radical (unpaired) electrons. The van der Waals surface area contributed by atoms with Crippen LogP contribution in [-0.4, -0.2) is 243 Å². The predicted octanol–water partition coefficient (Wildman–Crippen LogP) is -13.5. The van der Waals surface area contributed by atoms with Crippen molar-refractivity contribution >= 4 is 193 Å². The van der Waals surface area contributed by atoms with E-state index in [4.69, 9.17) is 0 Å². The van der Waals surface area contributed by atoms with E-state index in [2.05, 4.69) is 0 Å². The molecule has 51 heteroatoms. The van der Waals surface area contributed by atoms with E-state index >= 15 is 0 Å². The summed E-state index contributed by atoms with van der Waals surface area (Å²) in [5.41, 5.74) is 0. The summed E-state index contributed by atoms with van der Waals surface area (Å²) >= 11 is 0.